The van der Waals surface area contributed by atoms with Gasteiger partial charge in [-0.15, -0.1) is 21.9 Å². The molecule has 0 aliphatic heterocycles. The number of aromatic nitrogens is 3. The summed E-state index contributed by atoms with van der Waals surface area (Å²) < 4.78 is 6.46. The van der Waals surface area contributed by atoms with Crippen LogP contribution < -0.4 is 60.1 Å². The average molecular weight is 736 g/mol. The van der Waals surface area contributed by atoms with E-state index in [9.17, 15) is 0 Å². The van der Waals surface area contributed by atoms with Gasteiger partial charge in [0.15, 0.2) is 17.5 Å². The average Bonchev–Trinajstić information content (AvgIpc) is 3.69. The van der Waals surface area contributed by atoms with E-state index in [1.54, 1.807) is 0 Å². The molecular formula is C45H18B11N3O. The van der Waals surface area contributed by atoms with Gasteiger partial charge in [0.2, 0.25) is 0 Å². The van der Waals surface area contributed by atoms with Gasteiger partial charge in [-0.3, -0.25) is 0 Å². The van der Waals surface area contributed by atoms with Gasteiger partial charge in [0.1, 0.15) is 97.5 Å². The summed E-state index contributed by atoms with van der Waals surface area (Å²) in [6.45, 7) is 0. The van der Waals surface area contributed by atoms with E-state index in [0.717, 1.165) is 33.4 Å². The Bertz CT molecular complexity index is 3060. The first-order valence-electron chi connectivity index (χ1n) is 18.6. The number of benzene rings is 7. The van der Waals surface area contributed by atoms with Crippen molar-refractivity contribution in [2.75, 3.05) is 0 Å². The Balaban J connectivity index is 1.29. The number of hydrogen-bond donors (Lipinski definition) is 0. The molecule has 2 heterocycles. The Morgan fingerprint density at radius 1 is 0.267 bits per heavy atom. The molecule has 0 N–H and O–H groups in total. The molecule has 0 saturated carbocycles. The summed E-state index contributed by atoms with van der Waals surface area (Å²) in [5, 5.41) is 0.529. The lowest BCUT2D eigenvalue weighted by Gasteiger charge is -2.24. The molecule has 0 spiro atoms. The first-order chi connectivity index (χ1) is 28.8. The Kier molecular flexibility index (Phi) is 10.1. The first-order valence-corrected chi connectivity index (χ1v) is 18.6. The van der Waals surface area contributed by atoms with Crippen molar-refractivity contribution < 1.29 is 4.42 Å². The molecule has 0 aliphatic rings. The summed E-state index contributed by atoms with van der Waals surface area (Å²) in [5.74, 6) is 0.862. The highest BCUT2D eigenvalue weighted by Gasteiger charge is 2.27. The zero-order chi connectivity index (χ0) is 42.1. The summed E-state index contributed by atoms with van der Waals surface area (Å²) >= 11 is 0. The molecule has 22 radical (unpaired) electrons. The summed E-state index contributed by atoms with van der Waals surface area (Å²) in [6, 6.07) is 35.9. The van der Waals surface area contributed by atoms with Crippen molar-refractivity contribution >= 4 is 168 Å². The molecular weight excluding hydrogens is 717 g/mol. The minimum atomic E-state index is -0.00746. The van der Waals surface area contributed by atoms with Crippen LogP contribution in [0, 0.1) is 0 Å². The zero-order valence-corrected chi connectivity index (χ0v) is 32.0. The maximum Gasteiger partial charge on any atom is 0.164 e. The zero-order valence-electron chi connectivity index (χ0n) is 32.0. The molecule has 0 saturated heterocycles. The van der Waals surface area contributed by atoms with Gasteiger partial charge < -0.3 is 4.42 Å². The normalized spacial score (nSPS) is 11.4. The lowest BCUT2D eigenvalue weighted by atomic mass is 9.58. The minimum Gasteiger partial charge on any atom is -0.456 e. The molecule has 0 amide bonds. The van der Waals surface area contributed by atoms with Gasteiger partial charge in [-0.25, -0.2) is 15.0 Å². The Morgan fingerprint density at radius 3 is 1.10 bits per heavy atom. The van der Waals surface area contributed by atoms with Crippen molar-refractivity contribution in [3.05, 3.63) is 109 Å². The molecule has 60 heavy (non-hydrogen) atoms. The van der Waals surface area contributed by atoms with E-state index in [1.165, 1.54) is 0 Å². The van der Waals surface area contributed by atoms with Crippen LogP contribution in [0.3, 0.4) is 0 Å². The number of fused-ring (bicyclic) bond motifs is 3. The molecule has 252 valence electrons. The summed E-state index contributed by atoms with van der Waals surface area (Å²) in [6.07, 6.45) is 0. The predicted molar refractivity (Wildman–Crippen MR) is 259 cm³/mol. The van der Waals surface area contributed by atoms with E-state index < -0.39 is 0 Å². The topological polar surface area (TPSA) is 51.8 Å². The highest BCUT2D eigenvalue weighted by Crippen LogP contribution is 2.33. The molecule has 0 aliphatic carbocycles. The Morgan fingerprint density at radius 2 is 0.617 bits per heavy atom. The molecule has 0 fully saturated rings. The quantitative estimate of drug-likeness (QED) is 0.196. The smallest absolute Gasteiger partial charge is 0.164 e. The number of rotatable bonds is 6. The third-order valence-corrected chi connectivity index (χ3v) is 10.9. The van der Waals surface area contributed by atoms with E-state index in [1.807, 2.05) is 109 Å². The summed E-state index contributed by atoms with van der Waals surface area (Å²) in [5.41, 5.74) is 6.50. The van der Waals surface area contributed by atoms with Gasteiger partial charge in [0.25, 0.3) is 0 Å². The number of nitrogens with zero attached hydrogens (tertiary/aromatic N) is 3. The van der Waals surface area contributed by atoms with Crippen LogP contribution in [-0.2, 0) is 0 Å². The maximum absolute atomic E-state index is 7.12. The van der Waals surface area contributed by atoms with E-state index in [-0.39, 0.29) is 105 Å². The highest BCUT2D eigenvalue weighted by atomic mass is 16.3. The summed E-state index contributed by atoms with van der Waals surface area (Å²) in [4.78, 5) is 14.9. The van der Waals surface area contributed by atoms with Gasteiger partial charge in [-0.05, 0) is 27.8 Å². The van der Waals surface area contributed by atoms with Gasteiger partial charge in [0.05, 0.1) is 0 Å². The number of furan rings is 1. The van der Waals surface area contributed by atoms with Crippen molar-refractivity contribution in [2.24, 2.45) is 0 Å². The molecule has 9 rings (SSSR count). The second-order valence-corrected chi connectivity index (χ2v) is 14.4. The van der Waals surface area contributed by atoms with Crippen LogP contribution in [0.25, 0.3) is 89.5 Å². The van der Waals surface area contributed by atoms with Crippen LogP contribution in [0.4, 0.5) is 0 Å². The van der Waals surface area contributed by atoms with Crippen LogP contribution in [0.2, 0.25) is 0 Å². The van der Waals surface area contributed by atoms with Crippen LogP contribution in [0.5, 0.6) is 0 Å². The van der Waals surface area contributed by atoms with Crippen LogP contribution >= 0.6 is 0 Å². The van der Waals surface area contributed by atoms with Crippen molar-refractivity contribution in [1.29, 1.82) is 0 Å². The third kappa shape index (κ3) is 6.36. The van der Waals surface area contributed by atoms with Crippen LogP contribution in [-0.4, -0.2) is 101 Å². The molecule has 0 atom stereocenters. The second kappa shape index (κ2) is 15.3. The fraction of sp³-hybridized carbons (Fsp3) is 0. The maximum atomic E-state index is 7.12. The second-order valence-electron chi connectivity index (χ2n) is 14.4. The molecule has 9 aromatic rings. The van der Waals surface area contributed by atoms with Crippen LogP contribution in [0.15, 0.2) is 114 Å². The van der Waals surface area contributed by atoms with Crippen molar-refractivity contribution in [2.45, 2.75) is 0 Å². The number of hydrogen-bond acceptors (Lipinski definition) is 4. The third-order valence-electron chi connectivity index (χ3n) is 10.9. The molecule has 7 aromatic carbocycles. The largest absolute Gasteiger partial charge is 0.456 e. The lowest BCUT2D eigenvalue weighted by molar-refractivity contribution is 0.673. The van der Waals surface area contributed by atoms with Gasteiger partial charge in [-0.2, -0.15) is 0 Å². The van der Waals surface area contributed by atoms with Gasteiger partial charge >= 0.3 is 0 Å². The van der Waals surface area contributed by atoms with Gasteiger partial charge in [0, 0.05) is 33.0 Å². The first kappa shape index (κ1) is 39.5. The van der Waals surface area contributed by atoms with Crippen LogP contribution in [0.1, 0.15) is 0 Å². The molecule has 0 bridgehead atoms. The monoisotopic (exact) mass is 737 g/mol. The van der Waals surface area contributed by atoms with E-state index >= 15 is 0 Å². The van der Waals surface area contributed by atoms with Crippen molar-refractivity contribution in [3.8, 4) is 67.5 Å². The standard InChI is InChI=1S/C45H18B11N3O/c46-30-27-28-34(50)36(52)33(49)26(25-31(47)37(53)39(55)38(54)32(25)48)41(28)60-42(27)40(56)35(51)29(30)45-58-43(23-15-11-21(12-16-23)19-7-3-1-4-8-19)57-44(59-45)24-17-13-22(14-18-24)20-9-5-2-6-10-20/h1-18H. The predicted octanol–water partition coefficient (Wildman–Crippen LogP) is -1.50. The van der Waals surface area contributed by atoms with Crippen molar-refractivity contribution in [1.82, 2.24) is 15.0 Å². The molecule has 2 aromatic heterocycles. The van der Waals surface area contributed by atoms with Crippen molar-refractivity contribution in [3.63, 3.8) is 0 Å². The Hall–Kier alpha value is -5.94. The lowest BCUT2D eigenvalue weighted by Crippen LogP contribution is -2.56. The molecule has 15 heteroatoms. The molecule has 4 nitrogen and oxygen atoms in total. The fourth-order valence-electron chi connectivity index (χ4n) is 7.61. The van der Waals surface area contributed by atoms with E-state index in [4.69, 9.17) is 106 Å². The molecule has 0 unspecified atom stereocenters. The van der Waals surface area contributed by atoms with E-state index in [2.05, 4.69) is 0 Å². The SMILES string of the molecule is [B]c1c([B])c([B])c(-c2c([B])c([B])c([B])c3c2oc2c([B])c([B])c(-c4nc(-c5ccc(-c6ccccc6)cc5)nc(-c5ccc(-c6ccccc6)cc5)n4)c([B])c23)c([B])c1[B]. The summed E-state index contributed by atoms with van der Waals surface area (Å²) in [7, 11) is 72.4. The van der Waals surface area contributed by atoms with Gasteiger partial charge in [-0.1, -0.05) is 147 Å². The Labute approximate surface area is 362 Å². The highest BCUT2D eigenvalue weighted by molar-refractivity contribution is 6.71. The van der Waals surface area contributed by atoms with E-state index in [0.29, 0.717) is 11.6 Å². The fourth-order valence-corrected chi connectivity index (χ4v) is 7.61. The minimum absolute atomic E-state index is 0.00294.